The van der Waals surface area contributed by atoms with Crippen molar-refractivity contribution in [2.24, 2.45) is 0 Å². The summed E-state index contributed by atoms with van der Waals surface area (Å²) in [5, 5.41) is 0.902. The highest BCUT2D eigenvalue weighted by atomic mass is 32.2. The van der Waals surface area contributed by atoms with Crippen LogP contribution in [-0.4, -0.2) is 14.5 Å². The summed E-state index contributed by atoms with van der Waals surface area (Å²) in [4.78, 5) is 21.4. The van der Waals surface area contributed by atoms with Gasteiger partial charge in [0, 0.05) is 23.2 Å². The molecule has 2 aromatic heterocycles. The summed E-state index contributed by atoms with van der Waals surface area (Å²) in [7, 11) is 0. The van der Waals surface area contributed by atoms with Gasteiger partial charge in [0.05, 0.1) is 12.2 Å². The Bertz CT molecular complexity index is 923. The van der Waals surface area contributed by atoms with E-state index in [0.29, 0.717) is 6.54 Å². The number of benzene rings is 1. The van der Waals surface area contributed by atoms with Gasteiger partial charge in [-0.3, -0.25) is 9.55 Å². The summed E-state index contributed by atoms with van der Waals surface area (Å²) >= 11 is 1.67. The Hall–Kier alpha value is -2.40. The van der Waals surface area contributed by atoms with Crippen molar-refractivity contribution in [2.75, 3.05) is 0 Å². The summed E-state index contributed by atoms with van der Waals surface area (Å²) in [5.74, 6) is 0.837. The number of hydrogen-bond acceptors (Lipinski definition) is 4. The number of thioether (sulfide) groups is 1. The van der Waals surface area contributed by atoms with Crippen LogP contribution in [0.15, 0.2) is 64.5 Å². The fraction of sp³-hybridized carbons (Fsp3) is 0.250. The summed E-state index contributed by atoms with van der Waals surface area (Å²) in [6, 6.07) is 16.1. The molecule has 126 valence electrons. The van der Waals surface area contributed by atoms with E-state index in [1.54, 1.807) is 22.5 Å². The van der Waals surface area contributed by atoms with Crippen LogP contribution in [0.25, 0.3) is 0 Å². The number of aromatic nitrogens is 3. The molecule has 0 saturated heterocycles. The van der Waals surface area contributed by atoms with Gasteiger partial charge in [0.25, 0.3) is 0 Å². The van der Waals surface area contributed by atoms with E-state index in [9.17, 15) is 4.79 Å². The summed E-state index contributed by atoms with van der Waals surface area (Å²) < 4.78 is 1.80. The lowest BCUT2D eigenvalue weighted by atomic mass is 10.2. The van der Waals surface area contributed by atoms with Crippen LogP contribution in [-0.2, 0) is 25.1 Å². The molecule has 0 bridgehead atoms. The fourth-order valence-corrected chi connectivity index (χ4v) is 4.28. The minimum Gasteiger partial charge on any atom is -0.290 e. The van der Waals surface area contributed by atoms with Gasteiger partial charge in [-0.25, -0.2) is 4.79 Å². The zero-order valence-corrected chi connectivity index (χ0v) is 14.7. The number of rotatable bonds is 5. The molecule has 0 saturated carbocycles. The minimum absolute atomic E-state index is 0.165. The maximum Gasteiger partial charge on any atom is 0.349 e. The lowest BCUT2D eigenvalue weighted by Gasteiger charge is -2.14. The maximum absolute atomic E-state index is 12.6. The highest BCUT2D eigenvalue weighted by Gasteiger charge is 2.22. The van der Waals surface area contributed by atoms with Crippen LogP contribution < -0.4 is 5.69 Å². The summed E-state index contributed by atoms with van der Waals surface area (Å²) in [6.45, 7) is 0.499. The van der Waals surface area contributed by atoms with Crippen LogP contribution in [0.4, 0.5) is 0 Å². The first kappa shape index (κ1) is 16.1. The SMILES string of the molecule is O=c1nc(SCc2ccccc2)c2c(n1Cc1ccccn1)CCC2. The Morgan fingerprint density at radius 1 is 1.04 bits per heavy atom. The van der Waals surface area contributed by atoms with Gasteiger partial charge in [-0.15, -0.1) is 11.8 Å². The fourth-order valence-electron chi connectivity index (χ4n) is 3.25. The molecule has 0 unspecified atom stereocenters. The van der Waals surface area contributed by atoms with E-state index in [0.717, 1.165) is 41.4 Å². The largest absolute Gasteiger partial charge is 0.349 e. The molecule has 4 rings (SSSR count). The van der Waals surface area contributed by atoms with Crippen molar-refractivity contribution in [3.05, 3.63) is 87.7 Å². The second-order valence-electron chi connectivity index (χ2n) is 6.16. The van der Waals surface area contributed by atoms with Gasteiger partial charge in [-0.1, -0.05) is 36.4 Å². The molecule has 1 aliphatic rings. The molecule has 4 nitrogen and oxygen atoms in total. The Balaban J connectivity index is 1.63. The van der Waals surface area contributed by atoms with Crippen LogP contribution >= 0.6 is 11.8 Å². The van der Waals surface area contributed by atoms with Crippen molar-refractivity contribution < 1.29 is 0 Å². The van der Waals surface area contributed by atoms with E-state index < -0.39 is 0 Å². The van der Waals surface area contributed by atoms with E-state index in [1.807, 2.05) is 36.4 Å². The van der Waals surface area contributed by atoms with Crippen LogP contribution in [0.3, 0.4) is 0 Å². The normalized spacial score (nSPS) is 13.0. The molecular weight excluding hydrogens is 330 g/mol. The topological polar surface area (TPSA) is 47.8 Å². The third-order valence-electron chi connectivity index (χ3n) is 4.47. The number of nitrogens with zero attached hydrogens (tertiary/aromatic N) is 3. The van der Waals surface area contributed by atoms with Gasteiger partial charge < -0.3 is 0 Å². The quantitative estimate of drug-likeness (QED) is 0.523. The average Bonchev–Trinajstić information content (AvgIpc) is 3.14. The van der Waals surface area contributed by atoms with Gasteiger partial charge >= 0.3 is 5.69 Å². The van der Waals surface area contributed by atoms with E-state index >= 15 is 0 Å². The highest BCUT2D eigenvalue weighted by Crippen LogP contribution is 2.31. The van der Waals surface area contributed by atoms with E-state index in [2.05, 4.69) is 22.1 Å². The molecule has 0 atom stereocenters. The average molecular weight is 349 g/mol. The molecule has 0 spiro atoms. The number of hydrogen-bond donors (Lipinski definition) is 0. The monoisotopic (exact) mass is 349 g/mol. The molecule has 2 heterocycles. The standard InChI is InChI=1S/C20H19N3OS/c24-20-22-19(25-14-15-7-2-1-3-8-15)17-10-6-11-18(17)23(20)13-16-9-4-5-12-21-16/h1-5,7-9,12H,6,10-11,13-14H2. The van der Waals surface area contributed by atoms with Crippen molar-refractivity contribution in [1.29, 1.82) is 0 Å². The minimum atomic E-state index is -0.165. The van der Waals surface area contributed by atoms with Gasteiger partial charge in [0.15, 0.2) is 0 Å². The molecule has 0 radical (unpaired) electrons. The molecule has 1 aromatic carbocycles. The molecule has 1 aliphatic carbocycles. The highest BCUT2D eigenvalue weighted by molar-refractivity contribution is 7.98. The molecular formula is C20H19N3OS. The second kappa shape index (κ2) is 7.23. The molecule has 5 heteroatoms. The van der Waals surface area contributed by atoms with Gasteiger partial charge in [-0.05, 0) is 37.0 Å². The van der Waals surface area contributed by atoms with Gasteiger partial charge in [-0.2, -0.15) is 4.98 Å². The van der Waals surface area contributed by atoms with Crippen molar-refractivity contribution >= 4 is 11.8 Å². The van der Waals surface area contributed by atoms with Crippen LogP contribution in [0, 0.1) is 0 Å². The predicted molar refractivity (Wildman–Crippen MR) is 99.9 cm³/mol. The molecule has 0 N–H and O–H groups in total. The van der Waals surface area contributed by atoms with Crippen LogP contribution in [0.5, 0.6) is 0 Å². The molecule has 25 heavy (non-hydrogen) atoms. The third-order valence-corrected chi connectivity index (χ3v) is 5.55. The van der Waals surface area contributed by atoms with Gasteiger partial charge in [0.2, 0.25) is 0 Å². The van der Waals surface area contributed by atoms with E-state index in [4.69, 9.17) is 0 Å². The zero-order chi connectivity index (χ0) is 17.1. The van der Waals surface area contributed by atoms with E-state index in [-0.39, 0.29) is 5.69 Å². The molecule has 0 aliphatic heterocycles. The third kappa shape index (κ3) is 3.51. The first-order chi connectivity index (χ1) is 12.3. The molecule has 3 aromatic rings. The Morgan fingerprint density at radius 3 is 2.68 bits per heavy atom. The molecule has 0 amide bonds. The number of pyridine rings is 1. The Labute approximate surface area is 151 Å². The van der Waals surface area contributed by atoms with E-state index in [1.165, 1.54) is 11.1 Å². The summed E-state index contributed by atoms with van der Waals surface area (Å²) in [5.41, 5.74) is 4.36. The van der Waals surface area contributed by atoms with Crippen molar-refractivity contribution in [2.45, 2.75) is 36.6 Å². The van der Waals surface area contributed by atoms with Crippen molar-refractivity contribution in [3.8, 4) is 0 Å². The Morgan fingerprint density at radius 2 is 1.88 bits per heavy atom. The predicted octanol–water partition coefficient (Wildman–Crippen LogP) is 3.47. The van der Waals surface area contributed by atoms with Gasteiger partial charge in [0.1, 0.15) is 5.03 Å². The lowest BCUT2D eigenvalue weighted by Crippen LogP contribution is -2.28. The Kier molecular flexibility index (Phi) is 4.65. The second-order valence-corrected chi connectivity index (χ2v) is 7.12. The van der Waals surface area contributed by atoms with Crippen LogP contribution in [0.2, 0.25) is 0 Å². The molecule has 0 fully saturated rings. The first-order valence-corrected chi connectivity index (χ1v) is 9.49. The lowest BCUT2D eigenvalue weighted by molar-refractivity contribution is 0.656. The van der Waals surface area contributed by atoms with Crippen molar-refractivity contribution in [1.82, 2.24) is 14.5 Å². The number of fused-ring (bicyclic) bond motifs is 1. The zero-order valence-electron chi connectivity index (χ0n) is 13.9. The van der Waals surface area contributed by atoms with Crippen LogP contribution in [0.1, 0.15) is 28.9 Å². The first-order valence-electron chi connectivity index (χ1n) is 8.50. The summed E-state index contributed by atoms with van der Waals surface area (Å²) in [6.07, 6.45) is 4.79. The van der Waals surface area contributed by atoms with Crippen molar-refractivity contribution in [3.63, 3.8) is 0 Å². The smallest absolute Gasteiger partial charge is 0.290 e. The maximum atomic E-state index is 12.6.